The predicted octanol–water partition coefficient (Wildman–Crippen LogP) is 3.71. The first kappa shape index (κ1) is 17.2. The van der Waals surface area contributed by atoms with Crippen molar-refractivity contribution in [2.24, 2.45) is 0 Å². The molecule has 8 heteroatoms. The molecule has 0 amide bonds. The number of rotatable bonds is 2. The second-order valence-electron chi connectivity index (χ2n) is 6.43. The molecule has 4 aromatic rings. The van der Waals surface area contributed by atoms with Gasteiger partial charge >= 0.3 is 0 Å². The zero-order valence-corrected chi connectivity index (χ0v) is 16.1. The highest BCUT2D eigenvalue weighted by Gasteiger charge is 2.24. The normalized spacial score (nSPS) is 11.3. The Morgan fingerprint density at radius 2 is 2.00 bits per heavy atom. The summed E-state index contributed by atoms with van der Waals surface area (Å²) in [6.45, 7) is 5.83. The van der Waals surface area contributed by atoms with E-state index in [-0.39, 0.29) is 5.28 Å². The van der Waals surface area contributed by atoms with Gasteiger partial charge in [-0.05, 0) is 50.1 Å². The minimum absolute atomic E-state index is 0.134. The number of nitriles is 1. The van der Waals surface area contributed by atoms with E-state index in [4.69, 9.17) is 22.1 Å². The van der Waals surface area contributed by atoms with Crippen LogP contribution in [-0.4, -0.2) is 26.3 Å². The van der Waals surface area contributed by atoms with Crippen LogP contribution in [0.4, 0.5) is 5.82 Å². The van der Waals surface area contributed by atoms with E-state index in [0.29, 0.717) is 27.9 Å². The summed E-state index contributed by atoms with van der Waals surface area (Å²) in [5, 5.41) is 14.8. The number of anilines is 1. The molecule has 0 aliphatic heterocycles. The Morgan fingerprint density at radius 1 is 1.26 bits per heavy atom. The molecule has 136 valence electrons. The van der Waals surface area contributed by atoms with Crippen molar-refractivity contribution in [2.45, 2.75) is 20.8 Å². The topological polar surface area (TPSA) is 94.2 Å². The summed E-state index contributed by atoms with van der Waals surface area (Å²) in [5.41, 5.74) is 11.6. The number of nitrogens with two attached hydrogens (primary N) is 1. The monoisotopic (exact) mass is 380 g/mol. The van der Waals surface area contributed by atoms with Crippen LogP contribution in [0.3, 0.4) is 0 Å². The van der Waals surface area contributed by atoms with E-state index in [2.05, 4.69) is 16.2 Å². The van der Waals surface area contributed by atoms with Crippen molar-refractivity contribution in [2.75, 3.05) is 12.8 Å². The maximum absolute atomic E-state index is 9.75. The summed E-state index contributed by atoms with van der Waals surface area (Å²) in [5.74, 6) is 1.08. The van der Waals surface area contributed by atoms with Gasteiger partial charge in [0.15, 0.2) is 5.65 Å². The molecule has 0 spiro atoms. The fourth-order valence-corrected chi connectivity index (χ4v) is 3.81. The molecule has 4 rings (SSSR count). The number of methoxy groups -OCH3 is 1. The van der Waals surface area contributed by atoms with Crippen LogP contribution in [0, 0.1) is 32.1 Å². The largest absolute Gasteiger partial charge is 0.496 e. The number of nitrogens with zero attached hydrogens (tertiary/aromatic N) is 5. The van der Waals surface area contributed by atoms with Gasteiger partial charge in [0, 0.05) is 16.6 Å². The highest BCUT2D eigenvalue weighted by molar-refractivity contribution is 6.28. The van der Waals surface area contributed by atoms with Gasteiger partial charge in [0.2, 0.25) is 5.28 Å². The van der Waals surface area contributed by atoms with Crippen LogP contribution < -0.4 is 10.5 Å². The molecule has 3 heterocycles. The van der Waals surface area contributed by atoms with Gasteiger partial charge in [0.05, 0.1) is 12.8 Å². The Hall–Kier alpha value is -3.24. The molecule has 0 atom stereocenters. The average Bonchev–Trinajstić information content (AvgIpc) is 3.14. The third-order valence-corrected chi connectivity index (χ3v) is 5.02. The van der Waals surface area contributed by atoms with Crippen LogP contribution in [0.25, 0.3) is 22.2 Å². The van der Waals surface area contributed by atoms with Crippen molar-refractivity contribution in [3.05, 3.63) is 45.9 Å². The van der Waals surface area contributed by atoms with E-state index < -0.39 is 0 Å². The number of aromatic nitrogens is 4. The summed E-state index contributed by atoms with van der Waals surface area (Å²) in [7, 11) is 1.62. The Bertz CT molecular complexity index is 1280. The third-order valence-electron chi connectivity index (χ3n) is 4.86. The number of fused-ring (bicyclic) bond motifs is 3. The van der Waals surface area contributed by atoms with Crippen molar-refractivity contribution in [3.8, 4) is 17.5 Å². The minimum atomic E-state index is 0.134. The number of hydrogen-bond donors (Lipinski definition) is 1. The Balaban J connectivity index is 2.29. The minimum Gasteiger partial charge on any atom is -0.496 e. The van der Waals surface area contributed by atoms with E-state index in [9.17, 15) is 5.26 Å². The third kappa shape index (κ3) is 2.27. The molecule has 27 heavy (non-hydrogen) atoms. The predicted molar refractivity (Wildman–Crippen MR) is 105 cm³/mol. The van der Waals surface area contributed by atoms with Crippen LogP contribution in [-0.2, 0) is 0 Å². The fraction of sp³-hybridized carbons (Fsp3) is 0.211. The molecule has 2 N–H and O–H groups in total. The molecule has 0 saturated heterocycles. The van der Waals surface area contributed by atoms with Crippen LogP contribution >= 0.6 is 11.6 Å². The quantitative estimate of drug-likeness (QED) is 0.572. The van der Waals surface area contributed by atoms with E-state index in [0.717, 1.165) is 28.3 Å². The summed E-state index contributed by atoms with van der Waals surface area (Å²) >= 11 is 6.08. The van der Waals surface area contributed by atoms with Crippen molar-refractivity contribution in [1.82, 2.24) is 19.2 Å². The molecule has 0 aliphatic carbocycles. The van der Waals surface area contributed by atoms with E-state index in [1.54, 1.807) is 11.6 Å². The van der Waals surface area contributed by atoms with Crippen molar-refractivity contribution >= 4 is 34.0 Å². The Kier molecular flexibility index (Phi) is 3.75. The number of hydrogen-bond acceptors (Lipinski definition) is 5. The molecule has 7 nitrogen and oxygen atoms in total. The Morgan fingerprint density at radius 3 is 2.67 bits per heavy atom. The number of benzene rings is 1. The number of nitrogen functional groups attached to an aromatic ring is 1. The molecule has 0 fully saturated rings. The standard InChI is InChI=1S/C19H17ClN6O/c1-9-5-6-14(27-4)11(3)15(9)25-16-12(13(8-21)17(25)22)7-10(2)26-18(16)23-19(20)24-26/h5-7H,22H2,1-4H3. The highest BCUT2D eigenvalue weighted by Crippen LogP contribution is 2.38. The first-order valence-corrected chi connectivity index (χ1v) is 8.67. The maximum Gasteiger partial charge on any atom is 0.243 e. The molecular formula is C19H17ClN6O. The van der Waals surface area contributed by atoms with E-state index >= 15 is 0 Å². The molecule has 0 bridgehead atoms. The van der Waals surface area contributed by atoms with Crippen LogP contribution in [0.1, 0.15) is 22.4 Å². The van der Waals surface area contributed by atoms with Gasteiger partial charge in [-0.1, -0.05) is 6.07 Å². The summed E-state index contributed by atoms with van der Waals surface area (Å²) in [6, 6.07) is 7.98. The number of halogens is 1. The lowest BCUT2D eigenvalue weighted by molar-refractivity contribution is 0.411. The second-order valence-corrected chi connectivity index (χ2v) is 6.77. The first-order valence-electron chi connectivity index (χ1n) is 8.29. The van der Waals surface area contributed by atoms with E-state index in [1.165, 1.54) is 0 Å². The molecular weight excluding hydrogens is 364 g/mol. The van der Waals surface area contributed by atoms with Gasteiger partial charge in [-0.3, -0.25) is 4.57 Å². The number of pyridine rings is 1. The first-order chi connectivity index (χ1) is 12.9. The van der Waals surface area contributed by atoms with Crippen LogP contribution in [0.2, 0.25) is 5.28 Å². The second kappa shape index (κ2) is 5.89. The molecule has 3 aromatic heterocycles. The van der Waals surface area contributed by atoms with Crippen molar-refractivity contribution in [1.29, 1.82) is 5.26 Å². The average molecular weight is 381 g/mol. The van der Waals surface area contributed by atoms with Gasteiger partial charge < -0.3 is 10.5 Å². The van der Waals surface area contributed by atoms with Crippen LogP contribution in [0.5, 0.6) is 5.75 Å². The summed E-state index contributed by atoms with van der Waals surface area (Å²) in [4.78, 5) is 4.38. The van der Waals surface area contributed by atoms with Crippen molar-refractivity contribution in [3.63, 3.8) is 0 Å². The molecule has 0 saturated carbocycles. The van der Waals surface area contributed by atoms with Gasteiger partial charge in [0.25, 0.3) is 0 Å². The van der Waals surface area contributed by atoms with Gasteiger partial charge in [0.1, 0.15) is 28.7 Å². The fourth-order valence-electron chi connectivity index (χ4n) is 3.66. The molecule has 0 unspecified atom stereocenters. The lowest BCUT2D eigenvalue weighted by Crippen LogP contribution is -2.07. The number of aryl methyl sites for hydroxylation is 2. The van der Waals surface area contributed by atoms with Gasteiger partial charge in [-0.25, -0.2) is 4.52 Å². The smallest absolute Gasteiger partial charge is 0.243 e. The lowest BCUT2D eigenvalue weighted by atomic mass is 10.1. The van der Waals surface area contributed by atoms with Crippen molar-refractivity contribution < 1.29 is 4.74 Å². The maximum atomic E-state index is 9.75. The Labute approximate surface area is 160 Å². The highest BCUT2D eigenvalue weighted by atomic mass is 35.5. The molecule has 0 aliphatic rings. The van der Waals surface area contributed by atoms with Crippen LogP contribution in [0.15, 0.2) is 18.2 Å². The van der Waals surface area contributed by atoms with Gasteiger partial charge in [-0.15, -0.1) is 5.10 Å². The van der Waals surface area contributed by atoms with E-state index in [1.807, 2.05) is 43.5 Å². The lowest BCUT2D eigenvalue weighted by Gasteiger charge is -2.17. The zero-order chi connectivity index (χ0) is 19.5. The molecule has 0 radical (unpaired) electrons. The summed E-state index contributed by atoms with van der Waals surface area (Å²) in [6.07, 6.45) is 0. The SMILES string of the molecule is COc1ccc(C)c(-n2c(N)c(C#N)c3cc(C)n4nc(Cl)nc4c32)c1C. The zero-order valence-electron chi connectivity index (χ0n) is 15.3. The molecule has 1 aromatic carbocycles. The summed E-state index contributed by atoms with van der Waals surface area (Å²) < 4.78 is 8.99. The number of ether oxygens (including phenoxy) is 1. The van der Waals surface area contributed by atoms with Gasteiger partial charge in [-0.2, -0.15) is 10.2 Å².